The van der Waals surface area contributed by atoms with E-state index in [0.717, 1.165) is 43.7 Å². The Kier molecular flexibility index (Phi) is 6.26. The van der Waals surface area contributed by atoms with E-state index in [-0.39, 0.29) is 11.8 Å². The number of amides is 2. The van der Waals surface area contributed by atoms with Crippen molar-refractivity contribution in [3.05, 3.63) is 59.8 Å². The minimum absolute atomic E-state index is 0.289. The molecule has 6 nitrogen and oxygen atoms in total. The third-order valence-corrected chi connectivity index (χ3v) is 5.50. The second-order valence-corrected chi connectivity index (χ2v) is 7.64. The summed E-state index contributed by atoms with van der Waals surface area (Å²) in [6, 6.07) is 14.6. The van der Waals surface area contributed by atoms with Crippen LogP contribution in [0.5, 0.6) is 11.5 Å². The Balaban J connectivity index is 1.76. The number of ether oxygens (including phenoxy) is 2. The summed E-state index contributed by atoms with van der Waals surface area (Å²) in [5.74, 6) is 0.674. The van der Waals surface area contributed by atoms with E-state index in [2.05, 4.69) is 0 Å². The van der Waals surface area contributed by atoms with Crippen molar-refractivity contribution in [1.82, 2.24) is 4.90 Å². The van der Waals surface area contributed by atoms with E-state index in [1.54, 1.807) is 12.1 Å². The maximum Gasteiger partial charge on any atom is 0.282 e. The van der Waals surface area contributed by atoms with Gasteiger partial charge in [0.15, 0.2) is 0 Å². The molecule has 2 aromatic carbocycles. The van der Waals surface area contributed by atoms with Crippen LogP contribution in [-0.2, 0) is 9.59 Å². The number of hydrogen-bond donors (Lipinski definition) is 0. The molecule has 2 aromatic rings. The third-order valence-electron chi connectivity index (χ3n) is 5.50. The molecule has 6 heteroatoms. The van der Waals surface area contributed by atoms with Crippen LogP contribution in [0, 0.1) is 0 Å². The number of hydrogen-bond acceptors (Lipinski definition) is 5. The van der Waals surface area contributed by atoms with Crippen molar-refractivity contribution in [2.45, 2.75) is 33.1 Å². The molecule has 0 N–H and O–H groups in total. The predicted molar refractivity (Wildman–Crippen MR) is 120 cm³/mol. The van der Waals surface area contributed by atoms with Gasteiger partial charge in [-0.05, 0) is 56.0 Å². The van der Waals surface area contributed by atoms with E-state index in [9.17, 15) is 9.59 Å². The quantitative estimate of drug-likeness (QED) is 0.598. The van der Waals surface area contributed by atoms with Gasteiger partial charge in [0.25, 0.3) is 11.8 Å². The molecular weight excluding hydrogens is 392 g/mol. The van der Waals surface area contributed by atoms with Gasteiger partial charge in [0.1, 0.15) is 17.2 Å². The number of rotatable bonds is 8. The van der Waals surface area contributed by atoms with Crippen molar-refractivity contribution >= 4 is 23.1 Å². The number of nitrogens with zero attached hydrogens (tertiary/aromatic N) is 2. The molecule has 31 heavy (non-hydrogen) atoms. The SMILES string of the molecule is CCCOc1ccccc1N1C(=O)C(c2ccc(OCC)cc2)=C(N2CCCC2)C1=O. The molecule has 162 valence electrons. The fourth-order valence-corrected chi connectivity index (χ4v) is 4.09. The predicted octanol–water partition coefficient (Wildman–Crippen LogP) is 4.25. The van der Waals surface area contributed by atoms with Crippen molar-refractivity contribution in [1.29, 1.82) is 0 Å². The van der Waals surface area contributed by atoms with Gasteiger partial charge < -0.3 is 14.4 Å². The number of benzene rings is 2. The van der Waals surface area contributed by atoms with Crippen LogP contribution < -0.4 is 14.4 Å². The highest BCUT2D eigenvalue weighted by molar-refractivity contribution is 6.45. The molecule has 0 bridgehead atoms. The lowest BCUT2D eigenvalue weighted by atomic mass is 10.0. The lowest BCUT2D eigenvalue weighted by Gasteiger charge is -2.21. The van der Waals surface area contributed by atoms with Gasteiger partial charge >= 0.3 is 0 Å². The number of anilines is 1. The molecule has 2 aliphatic rings. The Morgan fingerprint density at radius 3 is 2.26 bits per heavy atom. The largest absolute Gasteiger partial charge is 0.494 e. The van der Waals surface area contributed by atoms with Crippen LogP contribution in [0.25, 0.3) is 5.57 Å². The van der Waals surface area contributed by atoms with Crippen molar-refractivity contribution < 1.29 is 19.1 Å². The highest BCUT2D eigenvalue weighted by atomic mass is 16.5. The van der Waals surface area contributed by atoms with E-state index < -0.39 is 0 Å². The van der Waals surface area contributed by atoms with Gasteiger partial charge in [0.05, 0.1) is 24.5 Å². The lowest BCUT2D eigenvalue weighted by Crippen LogP contribution is -2.34. The van der Waals surface area contributed by atoms with Gasteiger partial charge in [0, 0.05) is 13.1 Å². The molecule has 2 aliphatic heterocycles. The van der Waals surface area contributed by atoms with Gasteiger partial charge in [-0.15, -0.1) is 0 Å². The molecule has 4 rings (SSSR count). The van der Waals surface area contributed by atoms with Crippen molar-refractivity contribution in [3.8, 4) is 11.5 Å². The number of imide groups is 1. The molecule has 0 spiro atoms. The van der Waals surface area contributed by atoms with E-state index >= 15 is 0 Å². The first-order chi connectivity index (χ1) is 15.2. The maximum absolute atomic E-state index is 13.7. The molecule has 0 unspecified atom stereocenters. The van der Waals surface area contributed by atoms with E-state index in [1.807, 2.05) is 55.1 Å². The molecule has 0 saturated carbocycles. The lowest BCUT2D eigenvalue weighted by molar-refractivity contribution is -0.120. The van der Waals surface area contributed by atoms with Crippen LogP contribution in [0.2, 0.25) is 0 Å². The molecule has 1 saturated heterocycles. The normalized spacial score (nSPS) is 16.5. The van der Waals surface area contributed by atoms with Crippen molar-refractivity contribution in [2.75, 3.05) is 31.2 Å². The van der Waals surface area contributed by atoms with Crippen LogP contribution in [0.15, 0.2) is 54.2 Å². The second kappa shape index (κ2) is 9.25. The first-order valence-electron chi connectivity index (χ1n) is 11.0. The molecule has 2 amide bonds. The third kappa shape index (κ3) is 4.02. The summed E-state index contributed by atoms with van der Waals surface area (Å²) in [4.78, 5) is 30.6. The number of likely N-dealkylation sites (tertiary alicyclic amines) is 1. The van der Waals surface area contributed by atoms with E-state index in [1.165, 1.54) is 4.90 Å². The zero-order chi connectivity index (χ0) is 21.8. The van der Waals surface area contributed by atoms with Crippen molar-refractivity contribution in [2.24, 2.45) is 0 Å². The van der Waals surface area contributed by atoms with Crippen LogP contribution in [0.1, 0.15) is 38.7 Å². The summed E-state index contributed by atoms with van der Waals surface area (Å²) in [5.41, 5.74) is 2.14. The van der Waals surface area contributed by atoms with Crippen LogP contribution in [-0.4, -0.2) is 43.0 Å². The van der Waals surface area contributed by atoms with Crippen LogP contribution >= 0.6 is 0 Å². The molecule has 0 radical (unpaired) electrons. The van der Waals surface area contributed by atoms with Gasteiger partial charge in [-0.1, -0.05) is 31.2 Å². The summed E-state index contributed by atoms with van der Waals surface area (Å²) < 4.78 is 11.4. The fourth-order valence-electron chi connectivity index (χ4n) is 4.09. The monoisotopic (exact) mass is 420 g/mol. The van der Waals surface area contributed by atoms with E-state index in [0.29, 0.717) is 35.9 Å². The highest BCUT2D eigenvalue weighted by Crippen LogP contribution is 2.39. The minimum Gasteiger partial charge on any atom is -0.494 e. The summed E-state index contributed by atoms with van der Waals surface area (Å²) in [6.45, 7) is 6.59. The Morgan fingerprint density at radius 2 is 1.58 bits per heavy atom. The van der Waals surface area contributed by atoms with Gasteiger partial charge in [0.2, 0.25) is 0 Å². The molecule has 1 fully saturated rings. The first-order valence-corrected chi connectivity index (χ1v) is 11.0. The fraction of sp³-hybridized carbons (Fsp3) is 0.360. The Labute approximate surface area is 183 Å². The number of para-hydroxylation sites is 2. The number of carbonyl (C=O) groups is 2. The smallest absolute Gasteiger partial charge is 0.282 e. The summed E-state index contributed by atoms with van der Waals surface area (Å²) >= 11 is 0. The molecule has 0 atom stereocenters. The molecule has 2 heterocycles. The summed E-state index contributed by atoms with van der Waals surface area (Å²) in [6.07, 6.45) is 2.86. The van der Waals surface area contributed by atoms with Gasteiger partial charge in [-0.2, -0.15) is 0 Å². The summed E-state index contributed by atoms with van der Waals surface area (Å²) in [5, 5.41) is 0. The molecular formula is C25H28N2O4. The van der Waals surface area contributed by atoms with Gasteiger partial charge in [-0.25, -0.2) is 4.90 Å². The van der Waals surface area contributed by atoms with Gasteiger partial charge in [-0.3, -0.25) is 9.59 Å². The highest BCUT2D eigenvalue weighted by Gasteiger charge is 2.43. The Hall–Kier alpha value is -3.28. The summed E-state index contributed by atoms with van der Waals surface area (Å²) in [7, 11) is 0. The van der Waals surface area contributed by atoms with E-state index in [4.69, 9.17) is 9.47 Å². The average molecular weight is 421 g/mol. The maximum atomic E-state index is 13.7. The minimum atomic E-state index is -0.316. The zero-order valence-corrected chi connectivity index (χ0v) is 18.1. The molecule has 0 aliphatic carbocycles. The number of carbonyl (C=O) groups excluding carboxylic acids is 2. The second-order valence-electron chi connectivity index (χ2n) is 7.64. The zero-order valence-electron chi connectivity index (χ0n) is 18.1. The van der Waals surface area contributed by atoms with Crippen LogP contribution in [0.3, 0.4) is 0 Å². The average Bonchev–Trinajstić information content (AvgIpc) is 3.39. The Morgan fingerprint density at radius 1 is 0.871 bits per heavy atom. The topological polar surface area (TPSA) is 59.1 Å². The Bertz CT molecular complexity index is 991. The molecule has 0 aromatic heterocycles. The standard InChI is InChI=1S/C25H28N2O4/c1-3-17-31-21-10-6-5-9-20(21)27-24(28)22(18-11-13-19(14-12-18)30-4-2)23(25(27)29)26-15-7-8-16-26/h5-6,9-14H,3-4,7-8,15-17H2,1-2H3. The van der Waals surface area contributed by atoms with Crippen molar-refractivity contribution in [3.63, 3.8) is 0 Å². The first kappa shape index (κ1) is 21.0. The van der Waals surface area contributed by atoms with Crippen LogP contribution in [0.4, 0.5) is 5.69 Å².